The van der Waals surface area contributed by atoms with Gasteiger partial charge in [0.05, 0.1) is 12.2 Å². The fourth-order valence-corrected chi connectivity index (χ4v) is 2.68. The minimum Gasteiger partial charge on any atom is -0.345 e. The van der Waals surface area contributed by atoms with E-state index in [2.05, 4.69) is 10.3 Å². The summed E-state index contributed by atoms with van der Waals surface area (Å²) in [7, 11) is 0. The van der Waals surface area contributed by atoms with Crippen LogP contribution >= 0.6 is 0 Å². The second-order valence-electron chi connectivity index (χ2n) is 5.51. The van der Waals surface area contributed by atoms with E-state index in [9.17, 15) is 9.59 Å². The lowest BCUT2D eigenvalue weighted by Gasteiger charge is -2.26. The van der Waals surface area contributed by atoms with Crippen molar-refractivity contribution < 1.29 is 9.59 Å². The average Bonchev–Trinajstić information content (AvgIpc) is 2.82. The van der Waals surface area contributed by atoms with E-state index < -0.39 is 6.04 Å². The van der Waals surface area contributed by atoms with Gasteiger partial charge >= 0.3 is 0 Å². The molecule has 3 rings (SSSR count). The Balaban J connectivity index is 1.87. The van der Waals surface area contributed by atoms with E-state index in [-0.39, 0.29) is 17.9 Å². The summed E-state index contributed by atoms with van der Waals surface area (Å²) < 4.78 is 1.93. The van der Waals surface area contributed by atoms with Gasteiger partial charge in [-0.05, 0) is 26.0 Å². The number of nitrogens with zero attached hydrogens (tertiary/aromatic N) is 3. The van der Waals surface area contributed by atoms with Crippen LogP contribution < -0.4 is 5.32 Å². The smallest absolute Gasteiger partial charge is 0.245 e. The molecule has 2 aromatic rings. The number of fused-ring (bicyclic) bond motifs is 1. The Kier molecular flexibility index (Phi) is 3.37. The van der Waals surface area contributed by atoms with Crippen LogP contribution in [0.15, 0.2) is 30.6 Å². The number of hydrogen-bond donors (Lipinski definition) is 1. The van der Waals surface area contributed by atoms with E-state index >= 15 is 0 Å². The van der Waals surface area contributed by atoms with E-state index in [1.54, 1.807) is 11.8 Å². The molecule has 0 aromatic carbocycles. The summed E-state index contributed by atoms with van der Waals surface area (Å²) in [5.41, 5.74) is 1.67. The number of pyridine rings is 1. The predicted molar refractivity (Wildman–Crippen MR) is 77.4 cm³/mol. The lowest BCUT2D eigenvalue weighted by atomic mass is 10.2. The minimum absolute atomic E-state index is 0.0644. The van der Waals surface area contributed by atoms with Gasteiger partial charge in [0.2, 0.25) is 11.8 Å². The zero-order chi connectivity index (χ0) is 15.0. The van der Waals surface area contributed by atoms with Crippen molar-refractivity contribution in [3.8, 4) is 0 Å². The van der Waals surface area contributed by atoms with Crippen molar-refractivity contribution in [1.29, 1.82) is 0 Å². The van der Waals surface area contributed by atoms with Crippen LogP contribution in [0.1, 0.15) is 26.0 Å². The van der Waals surface area contributed by atoms with Crippen LogP contribution in [0.25, 0.3) is 5.65 Å². The van der Waals surface area contributed by atoms with Gasteiger partial charge in [0.25, 0.3) is 0 Å². The van der Waals surface area contributed by atoms with Crippen molar-refractivity contribution >= 4 is 17.5 Å². The van der Waals surface area contributed by atoms with Crippen LogP contribution in [-0.4, -0.2) is 38.2 Å². The first-order chi connectivity index (χ1) is 10.0. The number of carbonyl (C=O) groups is 2. The molecule has 0 bridgehead atoms. The fraction of sp³-hybridized carbons (Fsp3) is 0.400. The first-order valence-electron chi connectivity index (χ1n) is 7.07. The van der Waals surface area contributed by atoms with Crippen LogP contribution in [0.3, 0.4) is 0 Å². The molecule has 2 amide bonds. The molecular weight excluding hydrogens is 268 g/mol. The zero-order valence-corrected chi connectivity index (χ0v) is 12.1. The van der Waals surface area contributed by atoms with Crippen molar-refractivity contribution in [2.75, 3.05) is 0 Å². The van der Waals surface area contributed by atoms with Crippen molar-refractivity contribution in [2.24, 2.45) is 0 Å². The summed E-state index contributed by atoms with van der Waals surface area (Å²) in [5.74, 6) is -0.147. The highest BCUT2D eigenvalue weighted by atomic mass is 16.2. The van der Waals surface area contributed by atoms with Crippen LogP contribution in [0, 0.1) is 0 Å². The van der Waals surface area contributed by atoms with E-state index in [4.69, 9.17) is 0 Å². The van der Waals surface area contributed by atoms with Gasteiger partial charge in [-0.3, -0.25) is 9.59 Å². The number of hydrogen-bond acceptors (Lipinski definition) is 3. The van der Waals surface area contributed by atoms with Gasteiger partial charge in [-0.2, -0.15) is 0 Å². The first-order valence-corrected chi connectivity index (χ1v) is 7.07. The maximum absolute atomic E-state index is 12.4. The molecule has 0 aliphatic carbocycles. The Morgan fingerprint density at radius 1 is 1.33 bits per heavy atom. The molecule has 1 aliphatic rings. The summed E-state index contributed by atoms with van der Waals surface area (Å²) >= 11 is 0. The van der Waals surface area contributed by atoms with Gasteiger partial charge in [0.15, 0.2) is 0 Å². The van der Waals surface area contributed by atoms with E-state index in [1.807, 2.05) is 41.9 Å². The fourth-order valence-electron chi connectivity index (χ4n) is 2.68. The van der Waals surface area contributed by atoms with Gasteiger partial charge in [0.1, 0.15) is 11.7 Å². The van der Waals surface area contributed by atoms with Gasteiger partial charge in [-0.15, -0.1) is 0 Å². The maximum Gasteiger partial charge on any atom is 0.245 e. The standard InChI is InChI=1S/C15H18N4O2/c1-10-7-14(20)16-11(2)15(21)19(10)9-12-8-18-6-4-3-5-13(18)17-12/h3-6,8,10-11H,7,9H2,1-2H3,(H,16,20). The van der Waals surface area contributed by atoms with Crippen LogP contribution in [0.2, 0.25) is 0 Å². The number of rotatable bonds is 2. The number of amides is 2. The summed E-state index contributed by atoms with van der Waals surface area (Å²) in [5, 5.41) is 2.71. The Morgan fingerprint density at radius 2 is 2.14 bits per heavy atom. The van der Waals surface area contributed by atoms with Crippen LogP contribution in [-0.2, 0) is 16.1 Å². The van der Waals surface area contributed by atoms with E-state index in [1.165, 1.54) is 0 Å². The quantitative estimate of drug-likeness (QED) is 0.894. The molecule has 1 aliphatic heterocycles. The van der Waals surface area contributed by atoms with Gasteiger partial charge in [0, 0.05) is 24.9 Å². The molecule has 0 spiro atoms. The molecule has 2 unspecified atom stereocenters. The number of nitrogens with one attached hydrogen (secondary N) is 1. The largest absolute Gasteiger partial charge is 0.345 e. The number of imidazole rings is 1. The highest BCUT2D eigenvalue weighted by molar-refractivity contribution is 5.90. The molecule has 6 nitrogen and oxygen atoms in total. The minimum atomic E-state index is -0.487. The highest BCUT2D eigenvalue weighted by Crippen LogP contribution is 2.15. The molecule has 6 heteroatoms. The maximum atomic E-state index is 12.4. The second kappa shape index (κ2) is 5.20. The molecule has 1 saturated heterocycles. The molecule has 1 N–H and O–H groups in total. The van der Waals surface area contributed by atoms with Crippen LogP contribution in [0.4, 0.5) is 0 Å². The molecule has 0 saturated carbocycles. The highest BCUT2D eigenvalue weighted by Gasteiger charge is 2.31. The van der Waals surface area contributed by atoms with Gasteiger partial charge in [-0.1, -0.05) is 6.07 Å². The Labute approximate surface area is 122 Å². The lowest BCUT2D eigenvalue weighted by molar-refractivity contribution is -0.135. The third-order valence-corrected chi connectivity index (χ3v) is 3.79. The molecule has 1 fully saturated rings. The van der Waals surface area contributed by atoms with Crippen LogP contribution in [0.5, 0.6) is 0 Å². The Morgan fingerprint density at radius 3 is 2.90 bits per heavy atom. The number of carbonyl (C=O) groups excluding carboxylic acids is 2. The summed E-state index contributed by atoms with van der Waals surface area (Å²) in [6, 6.07) is 5.16. The summed E-state index contributed by atoms with van der Waals surface area (Å²) in [4.78, 5) is 30.3. The topological polar surface area (TPSA) is 66.7 Å². The number of aromatic nitrogens is 2. The Hall–Kier alpha value is -2.37. The zero-order valence-electron chi connectivity index (χ0n) is 12.1. The molecule has 0 radical (unpaired) electrons. The van der Waals surface area contributed by atoms with Gasteiger partial charge in [-0.25, -0.2) is 4.98 Å². The predicted octanol–water partition coefficient (Wildman–Crippen LogP) is 0.960. The van der Waals surface area contributed by atoms with Crippen molar-refractivity contribution in [3.05, 3.63) is 36.3 Å². The summed E-state index contributed by atoms with van der Waals surface area (Å²) in [6.45, 7) is 4.03. The molecule has 2 atom stereocenters. The first kappa shape index (κ1) is 13.6. The second-order valence-corrected chi connectivity index (χ2v) is 5.51. The summed E-state index contributed by atoms with van der Waals surface area (Å²) in [6.07, 6.45) is 4.16. The molecule has 110 valence electrons. The molecular formula is C15H18N4O2. The lowest BCUT2D eigenvalue weighted by Crippen LogP contribution is -2.44. The van der Waals surface area contributed by atoms with E-state index in [0.29, 0.717) is 13.0 Å². The SMILES string of the molecule is CC1NC(=O)CC(C)N(Cc2cn3ccccc3n2)C1=O. The van der Waals surface area contributed by atoms with Crippen molar-refractivity contribution in [2.45, 2.75) is 38.9 Å². The third-order valence-electron chi connectivity index (χ3n) is 3.79. The monoisotopic (exact) mass is 286 g/mol. The van der Waals surface area contributed by atoms with Gasteiger partial charge < -0.3 is 14.6 Å². The van der Waals surface area contributed by atoms with Crippen molar-refractivity contribution in [3.63, 3.8) is 0 Å². The van der Waals surface area contributed by atoms with Crippen molar-refractivity contribution in [1.82, 2.24) is 19.6 Å². The molecule has 2 aromatic heterocycles. The molecule has 21 heavy (non-hydrogen) atoms. The third kappa shape index (κ3) is 2.61. The Bertz CT molecular complexity index is 661. The van der Waals surface area contributed by atoms with E-state index in [0.717, 1.165) is 11.3 Å². The molecule has 3 heterocycles. The average molecular weight is 286 g/mol. The normalized spacial score (nSPS) is 23.2.